The number of aryl methyl sites for hydroxylation is 3. The first-order valence-electron chi connectivity index (χ1n) is 11.4. The molecule has 158 valence electrons. The van der Waals surface area contributed by atoms with Crippen molar-refractivity contribution < 1.29 is 4.79 Å². The van der Waals surface area contributed by atoms with E-state index in [4.69, 9.17) is 4.98 Å². The maximum atomic E-state index is 13.2. The molecule has 2 aromatic carbocycles. The minimum absolute atomic E-state index is 0.216. The van der Waals surface area contributed by atoms with Crippen molar-refractivity contribution in [1.82, 2.24) is 9.55 Å². The number of hydrogen-bond donors (Lipinski definition) is 0. The highest BCUT2D eigenvalue weighted by Gasteiger charge is 2.44. The zero-order chi connectivity index (χ0) is 21.3. The molecule has 0 atom stereocenters. The molecule has 0 aliphatic carbocycles. The van der Waals surface area contributed by atoms with Gasteiger partial charge in [0.05, 0.1) is 22.1 Å². The second-order valence-electron chi connectivity index (χ2n) is 8.90. The number of carbonyl (C=O) groups excluding carboxylic acids is 1. The molecule has 0 unspecified atom stereocenters. The Morgan fingerprint density at radius 3 is 2.47 bits per heavy atom. The number of aromatic nitrogens is 2. The summed E-state index contributed by atoms with van der Waals surface area (Å²) in [5.74, 6) is 1.34. The van der Waals surface area contributed by atoms with Crippen LogP contribution >= 0.6 is 0 Å². The highest BCUT2D eigenvalue weighted by atomic mass is 16.2. The number of imidazole rings is 1. The minimum Gasteiger partial charge on any atom is -0.328 e. The van der Waals surface area contributed by atoms with Crippen molar-refractivity contribution in [3.8, 4) is 0 Å². The second kappa shape index (κ2) is 8.25. The summed E-state index contributed by atoms with van der Waals surface area (Å²) < 4.78 is 2.32. The van der Waals surface area contributed by atoms with Crippen molar-refractivity contribution in [3.63, 3.8) is 0 Å². The highest BCUT2D eigenvalue weighted by molar-refractivity contribution is 6.09. The summed E-state index contributed by atoms with van der Waals surface area (Å²) in [6.45, 7) is 10.2. The number of hydrogen-bond acceptors (Lipinski definition) is 2. The molecule has 4 nitrogen and oxygen atoms in total. The van der Waals surface area contributed by atoms with Gasteiger partial charge in [0.15, 0.2) is 0 Å². The number of amides is 1. The molecule has 1 aromatic heterocycles. The molecule has 0 saturated heterocycles. The van der Waals surface area contributed by atoms with Gasteiger partial charge in [0.25, 0.3) is 0 Å². The van der Waals surface area contributed by atoms with Crippen molar-refractivity contribution in [2.45, 2.75) is 71.8 Å². The number of benzene rings is 2. The minimum atomic E-state index is -0.483. The average molecular weight is 404 g/mol. The van der Waals surface area contributed by atoms with E-state index in [0.717, 1.165) is 73.3 Å². The predicted molar refractivity (Wildman–Crippen MR) is 124 cm³/mol. The molecule has 1 aliphatic heterocycles. The van der Waals surface area contributed by atoms with Crippen LogP contribution in [0.4, 0.5) is 5.69 Å². The quantitative estimate of drug-likeness (QED) is 0.455. The van der Waals surface area contributed by atoms with Crippen molar-refractivity contribution in [3.05, 3.63) is 59.4 Å². The third-order valence-electron chi connectivity index (χ3n) is 6.47. The summed E-state index contributed by atoms with van der Waals surface area (Å²) in [6.07, 6.45) is 5.25. The Kier molecular flexibility index (Phi) is 5.68. The van der Waals surface area contributed by atoms with Crippen molar-refractivity contribution in [1.29, 1.82) is 0 Å². The molecule has 4 rings (SSSR count). The second-order valence-corrected chi connectivity index (χ2v) is 8.90. The zero-order valence-corrected chi connectivity index (χ0v) is 18.7. The number of anilines is 1. The Morgan fingerprint density at radius 2 is 1.77 bits per heavy atom. The monoisotopic (exact) mass is 403 g/mol. The van der Waals surface area contributed by atoms with E-state index in [2.05, 4.69) is 74.7 Å². The Morgan fingerprint density at radius 1 is 1.00 bits per heavy atom. The topological polar surface area (TPSA) is 38.1 Å². The van der Waals surface area contributed by atoms with Gasteiger partial charge >= 0.3 is 0 Å². The summed E-state index contributed by atoms with van der Waals surface area (Å²) >= 11 is 0. The van der Waals surface area contributed by atoms with E-state index in [1.807, 2.05) is 4.90 Å². The Balaban J connectivity index is 1.71. The molecule has 0 radical (unpaired) electrons. The summed E-state index contributed by atoms with van der Waals surface area (Å²) in [5, 5.41) is 0. The lowest BCUT2D eigenvalue weighted by Gasteiger charge is -2.20. The fourth-order valence-corrected chi connectivity index (χ4v) is 4.68. The van der Waals surface area contributed by atoms with E-state index in [0.29, 0.717) is 0 Å². The maximum Gasteiger partial charge on any atom is 0.237 e. The lowest BCUT2D eigenvalue weighted by Crippen LogP contribution is -2.36. The number of carbonyl (C=O) groups is 1. The number of nitrogens with zero attached hydrogens (tertiary/aromatic N) is 3. The zero-order valence-electron chi connectivity index (χ0n) is 18.7. The van der Waals surface area contributed by atoms with Gasteiger partial charge in [-0.15, -0.1) is 0 Å². The molecule has 0 fully saturated rings. The lowest BCUT2D eigenvalue weighted by atomic mass is 9.86. The Hall–Kier alpha value is -2.62. The summed E-state index contributed by atoms with van der Waals surface area (Å²) in [4.78, 5) is 20.2. The molecule has 0 N–H and O–H groups in total. The van der Waals surface area contributed by atoms with Gasteiger partial charge in [0, 0.05) is 19.5 Å². The first-order chi connectivity index (χ1) is 14.5. The number of fused-ring (bicyclic) bond motifs is 2. The van der Waals surface area contributed by atoms with Crippen molar-refractivity contribution in [2.75, 3.05) is 11.4 Å². The standard InChI is InChI=1S/C26H33N3O/c1-5-7-11-16-29-22-18-21-23(17-20(22)26(3,4)25(29)30)28(6-2)24(27-21)15-14-19-12-9-8-10-13-19/h8-10,12-13,17-18H,5-7,11,14-16H2,1-4H3. The van der Waals surface area contributed by atoms with Crippen LogP contribution in [0.3, 0.4) is 0 Å². The summed E-state index contributed by atoms with van der Waals surface area (Å²) in [5.41, 5.74) is 5.21. The van der Waals surface area contributed by atoms with Crippen LogP contribution in [-0.4, -0.2) is 22.0 Å². The summed E-state index contributed by atoms with van der Waals surface area (Å²) in [6, 6.07) is 15.0. The normalized spacial score (nSPS) is 15.2. The molecule has 0 saturated carbocycles. The van der Waals surface area contributed by atoms with Gasteiger partial charge in [-0.1, -0.05) is 50.1 Å². The van der Waals surface area contributed by atoms with Crippen LogP contribution in [-0.2, 0) is 29.6 Å². The smallest absolute Gasteiger partial charge is 0.237 e. The highest BCUT2D eigenvalue weighted by Crippen LogP contribution is 2.43. The largest absolute Gasteiger partial charge is 0.328 e. The lowest BCUT2D eigenvalue weighted by molar-refractivity contribution is -0.122. The van der Waals surface area contributed by atoms with Crippen molar-refractivity contribution >= 4 is 22.6 Å². The Bertz CT molecular complexity index is 1050. The predicted octanol–water partition coefficient (Wildman–Crippen LogP) is 5.66. The van der Waals surface area contributed by atoms with Gasteiger partial charge in [0.1, 0.15) is 5.82 Å². The van der Waals surface area contributed by atoms with E-state index >= 15 is 0 Å². The fraction of sp³-hybridized carbons (Fsp3) is 0.462. The maximum absolute atomic E-state index is 13.2. The van der Waals surface area contributed by atoms with Crippen LogP contribution in [0.5, 0.6) is 0 Å². The van der Waals surface area contributed by atoms with Gasteiger partial charge in [-0.05, 0) is 56.9 Å². The third-order valence-corrected chi connectivity index (χ3v) is 6.47. The molecule has 0 spiro atoms. The van der Waals surface area contributed by atoms with Gasteiger partial charge in [-0.2, -0.15) is 0 Å². The van der Waals surface area contributed by atoms with E-state index in [1.165, 1.54) is 5.56 Å². The van der Waals surface area contributed by atoms with Crippen LogP contribution in [0, 0.1) is 0 Å². The molecule has 1 aliphatic rings. The third kappa shape index (κ3) is 3.53. The van der Waals surface area contributed by atoms with E-state index in [9.17, 15) is 4.79 Å². The average Bonchev–Trinajstić information content (AvgIpc) is 3.19. The van der Waals surface area contributed by atoms with Crippen molar-refractivity contribution in [2.24, 2.45) is 0 Å². The van der Waals surface area contributed by atoms with Crippen LogP contribution in [0.1, 0.15) is 63.9 Å². The molecule has 2 heterocycles. The van der Waals surface area contributed by atoms with E-state index in [1.54, 1.807) is 0 Å². The Labute approximate surface area is 179 Å². The molecule has 3 aromatic rings. The van der Waals surface area contributed by atoms with E-state index < -0.39 is 5.41 Å². The van der Waals surface area contributed by atoms with Crippen LogP contribution in [0.15, 0.2) is 42.5 Å². The van der Waals surface area contributed by atoms with Crippen LogP contribution < -0.4 is 4.90 Å². The fourth-order valence-electron chi connectivity index (χ4n) is 4.68. The number of unbranched alkanes of at least 4 members (excludes halogenated alkanes) is 2. The number of rotatable bonds is 8. The molecular formula is C26H33N3O. The molecule has 0 bridgehead atoms. The van der Waals surface area contributed by atoms with Gasteiger partial charge in [0.2, 0.25) is 5.91 Å². The van der Waals surface area contributed by atoms with Gasteiger partial charge < -0.3 is 9.47 Å². The van der Waals surface area contributed by atoms with Gasteiger partial charge in [-0.25, -0.2) is 4.98 Å². The summed E-state index contributed by atoms with van der Waals surface area (Å²) in [7, 11) is 0. The molecular weight excluding hydrogens is 370 g/mol. The molecule has 4 heteroatoms. The molecule has 1 amide bonds. The van der Waals surface area contributed by atoms with Crippen LogP contribution in [0.25, 0.3) is 11.0 Å². The molecule has 30 heavy (non-hydrogen) atoms. The first-order valence-corrected chi connectivity index (χ1v) is 11.4. The SMILES string of the molecule is CCCCCN1C(=O)C(C)(C)c2cc3c(cc21)nc(CCc1ccccc1)n3CC. The first kappa shape index (κ1) is 20.6. The van der Waals surface area contributed by atoms with Crippen LogP contribution in [0.2, 0.25) is 0 Å². The van der Waals surface area contributed by atoms with E-state index in [-0.39, 0.29) is 5.91 Å². The van der Waals surface area contributed by atoms with Gasteiger partial charge in [-0.3, -0.25) is 4.79 Å².